The Bertz CT molecular complexity index is 665. The molecule has 1 N–H and O–H groups in total. The average molecular weight is 242 g/mol. The number of aromatic nitrogens is 1. The molecule has 5 nitrogen and oxygen atoms in total. The first-order valence-electron chi connectivity index (χ1n) is 5.39. The van der Waals surface area contributed by atoms with Gasteiger partial charge in [-0.1, -0.05) is 6.07 Å². The van der Waals surface area contributed by atoms with Crippen LogP contribution >= 0.6 is 0 Å². The molecule has 2 rings (SSSR count). The van der Waals surface area contributed by atoms with Crippen LogP contribution in [0.5, 0.6) is 0 Å². The molecule has 0 unspecified atom stereocenters. The second-order valence-electron chi connectivity index (χ2n) is 3.62. The van der Waals surface area contributed by atoms with E-state index in [1.807, 2.05) is 6.07 Å². The Morgan fingerprint density at radius 3 is 2.94 bits per heavy atom. The zero-order chi connectivity index (χ0) is 13.1. The van der Waals surface area contributed by atoms with Gasteiger partial charge in [0.25, 0.3) is 0 Å². The van der Waals surface area contributed by atoms with Crippen LogP contribution in [0.4, 0.5) is 0 Å². The lowest BCUT2D eigenvalue weighted by Crippen LogP contribution is -2.07. The van der Waals surface area contributed by atoms with Gasteiger partial charge in [0.05, 0.1) is 23.8 Å². The molecule has 0 spiro atoms. The summed E-state index contributed by atoms with van der Waals surface area (Å²) in [5.74, 6) is -0.575. The molecule has 0 bridgehead atoms. The molecule has 2 aromatic rings. The molecule has 0 saturated carbocycles. The topological polar surface area (TPSA) is 82.9 Å². The monoisotopic (exact) mass is 242 g/mol. The summed E-state index contributed by atoms with van der Waals surface area (Å²) in [5.41, 5.74) is 1.40. The van der Waals surface area contributed by atoms with Crippen LogP contribution in [0.15, 0.2) is 18.2 Å². The maximum atomic E-state index is 11.7. The van der Waals surface area contributed by atoms with Crippen LogP contribution in [0, 0.1) is 11.3 Å². The van der Waals surface area contributed by atoms with Crippen molar-refractivity contribution in [3.8, 4) is 6.07 Å². The molecule has 1 aromatic carbocycles. The molecule has 5 heteroatoms. The van der Waals surface area contributed by atoms with Crippen molar-refractivity contribution < 1.29 is 14.3 Å². The van der Waals surface area contributed by atoms with Crippen LogP contribution in [0.2, 0.25) is 0 Å². The van der Waals surface area contributed by atoms with Gasteiger partial charge in [0, 0.05) is 10.9 Å². The molecule has 0 atom stereocenters. The lowest BCUT2D eigenvalue weighted by Gasteiger charge is -1.98. The van der Waals surface area contributed by atoms with Gasteiger partial charge in [0.15, 0.2) is 6.29 Å². The molecule has 0 aliphatic carbocycles. The normalized spacial score (nSPS) is 10.0. The van der Waals surface area contributed by atoms with Crippen molar-refractivity contribution in [2.45, 2.75) is 6.92 Å². The SMILES string of the molecule is CCOC(=O)c1[nH]c2cc(C#N)ccc2c1C=O. The number of aromatic amines is 1. The minimum Gasteiger partial charge on any atom is -0.461 e. The maximum absolute atomic E-state index is 11.7. The number of nitrogens with zero attached hydrogens (tertiary/aromatic N) is 1. The molecule has 1 heterocycles. The third-order valence-electron chi connectivity index (χ3n) is 2.57. The van der Waals surface area contributed by atoms with Gasteiger partial charge in [-0.15, -0.1) is 0 Å². The summed E-state index contributed by atoms with van der Waals surface area (Å²) in [7, 11) is 0. The smallest absolute Gasteiger partial charge is 0.355 e. The van der Waals surface area contributed by atoms with E-state index in [0.29, 0.717) is 22.8 Å². The molecule has 0 aliphatic rings. The van der Waals surface area contributed by atoms with Crippen molar-refractivity contribution in [3.63, 3.8) is 0 Å². The van der Waals surface area contributed by atoms with Gasteiger partial charge in [-0.25, -0.2) is 4.79 Å². The van der Waals surface area contributed by atoms with E-state index < -0.39 is 5.97 Å². The standard InChI is InChI=1S/C13H10N2O3/c1-2-18-13(17)12-10(7-16)9-4-3-8(6-14)5-11(9)15-12/h3-5,7,15H,2H2,1H3. The van der Waals surface area contributed by atoms with Gasteiger partial charge in [-0.05, 0) is 19.1 Å². The molecule has 18 heavy (non-hydrogen) atoms. The Kier molecular flexibility index (Phi) is 3.11. The van der Waals surface area contributed by atoms with Crippen LogP contribution in [0.1, 0.15) is 33.3 Å². The van der Waals surface area contributed by atoms with Gasteiger partial charge in [-0.2, -0.15) is 5.26 Å². The van der Waals surface area contributed by atoms with Crippen LogP contribution in [-0.2, 0) is 4.74 Å². The Morgan fingerprint density at radius 2 is 2.33 bits per heavy atom. The third-order valence-corrected chi connectivity index (χ3v) is 2.57. The summed E-state index contributed by atoms with van der Waals surface area (Å²) in [6.07, 6.45) is 0.608. The summed E-state index contributed by atoms with van der Waals surface area (Å²) in [6.45, 7) is 1.92. The number of rotatable bonds is 3. The van der Waals surface area contributed by atoms with Gasteiger partial charge in [0.1, 0.15) is 5.69 Å². The first kappa shape index (κ1) is 11.9. The van der Waals surface area contributed by atoms with Crippen molar-refractivity contribution >= 4 is 23.2 Å². The summed E-state index contributed by atoms with van der Waals surface area (Å²) in [5, 5.41) is 9.40. The largest absolute Gasteiger partial charge is 0.461 e. The fraction of sp³-hybridized carbons (Fsp3) is 0.154. The molecule has 0 saturated heterocycles. The lowest BCUT2D eigenvalue weighted by atomic mass is 10.1. The number of hydrogen-bond donors (Lipinski definition) is 1. The fourth-order valence-electron chi connectivity index (χ4n) is 1.78. The quantitative estimate of drug-likeness (QED) is 0.659. The molecule has 90 valence electrons. The Morgan fingerprint density at radius 1 is 1.56 bits per heavy atom. The van der Waals surface area contributed by atoms with Crippen LogP contribution in [-0.4, -0.2) is 23.8 Å². The second-order valence-corrected chi connectivity index (χ2v) is 3.62. The van der Waals surface area contributed by atoms with E-state index in [1.54, 1.807) is 25.1 Å². The number of hydrogen-bond acceptors (Lipinski definition) is 4. The number of carbonyl (C=O) groups is 2. The van der Waals surface area contributed by atoms with E-state index in [9.17, 15) is 9.59 Å². The highest BCUT2D eigenvalue weighted by atomic mass is 16.5. The third kappa shape index (κ3) is 1.84. The Hall–Kier alpha value is -2.61. The van der Waals surface area contributed by atoms with Crippen molar-refractivity contribution in [2.24, 2.45) is 0 Å². The molecular weight excluding hydrogens is 232 g/mol. The number of fused-ring (bicyclic) bond motifs is 1. The molecule has 0 aliphatic heterocycles. The fourth-order valence-corrected chi connectivity index (χ4v) is 1.78. The number of carbonyl (C=O) groups excluding carboxylic acids is 2. The number of esters is 1. The number of nitrogens with one attached hydrogen (secondary N) is 1. The first-order valence-corrected chi connectivity index (χ1v) is 5.39. The molecule has 0 radical (unpaired) electrons. The maximum Gasteiger partial charge on any atom is 0.355 e. The van der Waals surface area contributed by atoms with Gasteiger partial charge in [0.2, 0.25) is 0 Å². The van der Waals surface area contributed by atoms with Gasteiger partial charge < -0.3 is 9.72 Å². The van der Waals surface area contributed by atoms with Crippen molar-refractivity contribution in [1.29, 1.82) is 5.26 Å². The summed E-state index contributed by atoms with van der Waals surface area (Å²) >= 11 is 0. The molecular formula is C13H10N2O3. The van der Waals surface area contributed by atoms with Crippen LogP contribution in [0.3, 0.4) is 0 Å². The minimum atomic E-state index is -0.575. The Labute approximate surface area is 103 Å². The van der Waals surface area contributed by atoms with E-state index in [1.165, 1.54) is 0 Å². The van der Waals surface area contributed by atoms with Gasteiger partial charge >= 0.3 is 5.97 Å². The molecule has 1 aromatic heterocycles. The summed E-state index contributed by atoms with van der Waals surface area (Å²) in [4.78, 5) is 25.6. The zero-order valence-electron chi connectivity index (χ0n) is 9.69. The van der Waals surface area contributed by atoms with Crippen LogP contribution < -0.4 is 0 Å². The van der Waals surface area contributed by atoms with Gasteiger partial charge in [-0.3, -0.25) is 4.79 Å². The lowest BCUT2D eigenvalue weighted by molar-refractivity contribution is 0.0518. The predicted octanol–water partition coefficient (Wildman–Crippen LogP) is 2.03. The minimum absolute atomic E-state index is 0.122. The highest BCUT2D eigenvalue weighted by Gasteiger charge is 2.18. The van der Waals surface area contributed by atoms with E-state index in [4.69, 9.17) is 10.00 Å². The zero-order valence-corrected chi connectivity index (χ0v) is 9.69. The number of aldehydes is 1. The summed E-state index contributed by atoms with van der Waals surface area (Å²) in [6, 6.07) is 6.82. The highest BCUT2D eigenvalue weighted by molar-refractivity contribution is 6.08. The Balaban J connectivity index is 2.64. The van der Waals surface area contributed by atoms with Crippen LogP contribution in [0.25, 0.3) is 10.9 Å². The molecule has 0 amide bonds. The first-order chi connectivity index (χ1) is 8.71. The van der Waals surface area contributed by atoms with E-state index >= 15 is 0 Å². The van der Waals surface area contributed by atoms with Crippen molar-refractivity contribution in [3.05, 3.63) is 35.0 Å². The van der Waals surface area contributed by atoms with E-state index in [0.717, 1.165) is 0 Å². The van der Waals surface area contributed by atoms with Crippen molar-refractivity contribution in [1.82, 2.24) is 4.98 Å². The van der Waals surface area contributed by atoms with Crippen molar-refractivity contribution in [2.75, 3.05) is 6.61 Å². The number of ether oxygens (including phenoxy) is 1. The number of nitriles is 1. The molecule has 0 fully saturated rings. The second kappa shape index (κ2) is 4.72. The summed E-state index contributed by atoms with van der Waals surface area (Å²) < 4.78 is 4.86. The van der Waals surface area contributed by atoms with E-state index in [2.05, 4.69) is 4.98 Å². The predicted molar refractivity (Wildman–Crippen MR) is 64.4 cm³/mol. The average Bonchev–Trinajstić information content (AvgIpc) is 2.76. The number of H-pyrrole nitrogens is 1. The highest BCUT2D eigenvalue weighted by Crippen LogP contribution is 2.22. The van der Waals surface area contributed by atoms with E-state index in [-0.39, 0.29) is 17.9 Å². The number of benzene rings is 1.